The van der Waals surface area contributed by atoms with Gasteiger partial charge < -0.3 is 4.42 Å². The van der Waals surface area contributed by atoms with E-state index in [0.29, 0.717) is 18.4 Å². The van der Waals surface area contributed by atoms with E-state index in [1.807, 2.05) is 6.92 Å². The van der Waals surface area contributed by atoms with Crippen molar-refractivity contribution in [3.63, 3.8) is 0 Å². The second kappa shape index (κ2) is 4.94. The summed E-state index contributed by atoms with van der Waals surface area (Å²) in [5.74, 6) is 0. The molecule has 0 aliphatic heterocycles. The van der Waals surface area contributed by atoms with Crippen LogP contribution in [0.1, 0.15) is 30.9 Å². The lowest BCUT2D eigenvalue weighted by molar-refractivity contribution is 0.541. The van der Waals surface area contributed by atoms with Gasteiger partial charge in [-0.3, -0.25) is 14.8 Å². The molecule has 0 amide bonds. The van der Waals surface area contributed by atoms with Crippen molar-refractivity contribution >= 4 is 11.1 Å². The molecular weight excluding hydrogens is 250 g/mol. The molecule has 0 saturated carbocycles. The van der Waals surface area contributed by atoms with Gasteiger partial charge in [-0.05, 0) is 18.4 Å². The number of aryl methyl sites for hydroxylation is 1. The Morgan fingerprint density at radius 3 is 2.63 bits per heavy atom. The number of aromatic amines is 2. The maximum Gasteiger partial charge on any atom is 0.355 e. The minimum atomic E-state index is -0.845. The molecule has 0 aliphatic carbocycles. The molecule has 2 N–H and O–H groups in total. The van der Waals surface area contributed by atoms with E-state index in [9.17, 15) is 14.4 Å². The highest BCUT2D eigenvalue weighted by Gasteiger charge is 2.17. The topological polar surface area (TPSA) is 120 Å². The first-order chi connectivity index (χ1) is 9.08. The van der Waals surface area contributed by atoms with Crippen LogP contribution in [0.4, 0.5) is 0 Å². The summed E-state index contributed by atoms with van der Waals surface area (Å²) < 4.78 is 4.81. The molecule has 7 heteroatoms. The van der Waals surface area contributed by atoms with Gasteiger partial charge in [0.25, 0.3) is 5.56 Å². The van der Waals surface area contributed by atoms with Gasteiger partial charge in [0, 0.05) is 0 Å². The number of hydrogen-bond acceptors (Lipinski definition) is 5. The van der Waals surface area contributed by atoms with Crippen molar-refractivity contribution in [1.82, 2.24) is 9.97 Å². The zero-order valence-corrected chi connectivity index (χ0v) is 10.2. The van der Waals surface area contributed by atoms with Gasteiger partial charge in [-0.2, -0.15) is 5.26 Å². The van der Waals surface area contributed by atoms with Crippen LogP contribution in [0.2, 0.25) is 0 Å². The van der Waals surface area contributed by atoms with Crippen LogP contribution in [0.25, 0.3) is 11.1 Å². The van der Waals surface area contributed by atoms with E-state index in [1.54, 1.807) is 6.07 Å². The quantitative estimate of drug-likeness (QED) is 0.827. The number of unbranched alkanes of at least 4 members (excludes halogenated alkanes) is 1. The minimum Gasteiger partial charge on any atom is -0.404 e. The molecule has 0 bridgehead atoms. The van der Waals surface area contributed by atoms with Crippen molar-refractivity contribution in [2.45, 2.75) is 26.2 Å². The summed E-state index contributed by atoms with van der Waals surface area (Å²) >= 11 is 0. The highest BCUT2D eigenvalue weighted by molar-refractivity contribution is 5.77. The molecule has 19 heavy (non-hydrogen) atoms. The van der Waals surface area contributed by atoms with Crippen molar-refractivity contribution in [2.24, 2.45) is 0 Å². The average molecular weight is 261 g/mol. The van der Waals surface area contributed by atoms with Gasteiger partial charge in [0.05, 0.1) is 0 Å². The fourth-order valence-electron chi connectivity index (χ4n) is 1.92. The molecule has 0 unspecified atom stereocenters. The van der Waals surface area contributed by atoms with Gasteiger partial charge in [0.15, 0.2) is 0 Å². The average Bonchev–Trinajstić information content (AvgIpc) is 2.34. The molecule has 0 atom stereocenters. The Balaban J connectivity index is 2.94. The Labute approximate surface area is 106 Å². The first kappa shape index (κ1) is 12.8. The Hall–Kier alpha value is -2.62. The van der Waals surface area contributed by atoms with Crippen LogP contribution in [-0.2, 0) is 6.42 Å². The maximum absolute atomic E-state index is 11.8. The molecule has 7 nitrogen and oxygen atoms in total. The van der Waals surface area contributed by atoms with Crippen LogP contribution >= 0.6 is 0 Å². The number of aromatic nitrogens is 2. The summed E-state index contributed by atoms with van der Waals surface area (Å²) in [4.78, 5) is 38.9. The Bertz CT molecular complexity index is 835. The summed E-state index contributed by atoms with van der Waals surface area (Å²) in [6, 6.07) is 1.76. The van der Waals surface area contributed by atoms with Crippen molar-refractivity contribution in [3.05, 3.63) is 42.4 Å². The third-order valence-electron chi connectivity index (χ3n) is 2.80. The summed E-state index contributed by atoms with van der Waals surface area (Å²) in [7, 11) is 0. The number of H-pyrrole nitrogens is 2. The van der Waals surface area contributed by atoms with Crippen molar-refractivity contribution in [2.75, 3.05) is 0 Å². The largest absolute Gasteiger partial charge is 0.404 e. The van der Waals surface area contributed by atoms with Crippen LogP contribution in [0.15, 0.2) is 18.8 Å². The number of nitrogens with one attached hydrogen (secondary N) is 2. The van der Waals surface area contributed by atoms with E-state index in [-0.39, 0.29) is 16.7 Å². The first-order valence-electron chi connectivity index (χ1n) is 5.80. The Morgan fingerprint density at radius 2 is 2.00 bits per heavy atom. The molecule has 0 aromatic carbocycles. The van der Waals surface area contributed by atoms with Crippen molar-refractivity contribution in [1.29, 1.82) is 5.26 Å². The molecule has 0 fully saturated rings. The maximum atomic E-state index is 11.8. The molecule has 0 radical (unpaired) electrons. The molecule has 2 aromatic rings. The Morgan fingerprint density at radius 1 is 1.26 bits per heavy atom. The van der Waals surface area contributed by atoms with Crippen LogP contribution in [-0.4, -0.2) is 9.97 Å². The molecule has 2 heterocycles. The second-order valence-electron chi connectivity index (χ2n) is 4.07. The lowest BCUT2D eigenvalue weighted by Crippen LogP contribution is -2.25. The predicted octanol–water partition coefficient (Wildman–Crippen LogP) is 0.384. The second-order valence-corrected chi connectivity index (χ2v) is 4.07. The fourth-order valence-corrected chi connectivity index (χ4v) is 1.92. The van der Waals surface area contributed by atoms with E-state index in [1.165, 1.54) is 0 Å². The molecule has 0 aliphatic rings. The zero-order valence-electron chi connectivity index (χ0n) is 10.2. The van der Waals surface area contributed by atoms with Crippen LogP contribution < -0.4 is 16.9 Å². The summed E-state index contributed by atoms with van der Waals surface area (Å²) in [6.45, 7) is 1.95. The molecule has 2 aromatic heterocycles. The molecular formula is C12H11N3O4. The van der Waals surface area contributed by atoms with E-state index in [0.717, 1.165) is 6.42 Å². The van der Waals surface area contributed by atoms with E-state index >= 15 is 0 Å². The third-order valence-corrected chi connectivity index (χ3v) is 2.80. The number of nitrogens with zero attached hydrogens (tertiary/aromatic N) is 1. The van der Waals surface area contributed by atoms with E-state index in [4.69, 9.17) is 9.68 Å². The van der Waals surface area contributed by atoms with Crippen LogP contribution in [0, 0.1) is 11.3 Å². The van der Waals surface area contributed by atoms with Crippen LogP contribution in [0.3, 0.4) is 0 Å². The van der Waals surface area contributed by atoms with E-state index in [2.05, 4.69) is 9.97 Å². The first-order valence-corrected chi connectivity index (χ1v) is 5.80. The summed E-state index contributed by atoms with van der Waals surface area (Å²) in [5.41, 5.74) is -2.31. The molecule has 98 valence electrons. The van der Waals surface area contributed by atoms with Gasteiger partial charge in [-0.15, -0.1) is 0 Å². The highest BCUT2D eigenvalue weighted by atomic mass is 16.4. The predicted molar refractivity (Wildman–Crippen MR) is 67.1 cm³/mol. The van der Waals surface area contributed by atoms with Crippen molar-refractivity contribution in [3.8, 4) is 6.07 Å². The smallest absolute Gasteiger partial charge is 0.355 e. The lowest BCUT2D eigenvalue weighted by atomic mass is 10.0. The standard InChI is InChI=1S/C12H11N3O4/c1-2-3-4-6-7(5-13)11(17)19-10-8(6)9(16)14-12(18)15-10/h2-4H2,1H3,(H2,14,15,16,18). The van der Waals surface area contributed by atoms with Crippen LogP contribution in [0.5, 0.6) is 0 Å². The highest BCUT2D eigenvalue weighted by Crippen LogP contribution is 2.16. The summed E-state index contributed by atoms with van der Waals surface area (Å²) in [5, 5.41) is 9.07. The third kappa shape index (κ3) is 2.20. The number of fused-ring (bicyclic) bond motifs is 1. The molecule has 0 saturated heterocycles. The monoisotopic (exact) mass is 261 g/mol. The fraction of sp³-hybridized carbons (Fsp3) is 0.333. The number of hydrogen-bond donors (Lipinski definition) is 2. The lowest BCUT2D eigenvalue weighted by Gasteiger charge is -2.05. The SMILES string of the molecule is CCCCc1c(C#N)c(=O)oc2[nH]c(=O)[nH]c(=O)c12. The molecule has 0 spiro atoms. The van der Waals surface area contributed by atoms with Gasteiger partial charge in [-0.25, -0.2) is 9.59 Å². The minimum absolute atomic E-state index is 0.0594. The number of nitriles is 1. The Kier molecular flexibility index (Phi) is 3.33. The van der Waals surface area contributed by atoms with Gasteiger partial charge in [-0.1, -0.05) is 13.3 Å². The van der Waals surface area contributed by atoms with Gasteiger partial charge >= 0.3 is 11.3 Å². The van der Waals surface area contributed by atoms with E-state index < -0.39 is 16.9 Å². The summed E-state index contributed by atoms with van der Waals surface area (Å²) in [6.07, 6.45) is 1.95. The number of rotatable bonds is 3. The molecule has 2 rings (SSSR count). The van der Waals surface area contributed by atoms with Crippen molar-refractivity contribution < 1.29 is 4.42 Å². The van der Waals surface area contributed by atoms with Gasteiger partial charge in [0.2, 0.25) is 5.71 Å². The normalized spacial score (nSPS) is 10.5. The van der Waals surface area contributed by atoms with Gasteiger partial charge in [0.1, 0.15) is 17.0 Å². The zero-order chi connectivity index (χ0) is 14.0.